The number of benzene rings is 2. The minimum Gasteiger partial charge on any atom is -0.454 e. The van der Waals surface area contributed by atoms with Crippen LogP contribution >= 0.6 is 11.3 Å². The van der Waals surface area contributed by atoms with Crippen LogP contribution < -0.4 is 20.3 Å². The number of carbonyl (C=O) groups is 1. The summed E-state index contributed by atoms with van der Waals surface area (Å²) in [4.78, 5) is 18.9. The maximum Gasteiger partial charge on any atom is 0.422 e. The van der Waals surface area contributed by atoms with Gasteiger partial charge in [-0.05, 0) is 49.7 Å². The molecule has 2 N–H and O–H groups in total. The van der Waals surface area contributed by atoms with Crippen LogP contribution in [0.2, 0.25) is 0 Å². The van der Waals surface area contributed by atoms with Crippen molar-refractivity contribution in [2.75, 3.05) is 30.4 Å². The summed E-state index contributed by atoms with van der Waals surface area (Å²) in [5.41, 5.74) is -0.826. The monoisotopic (exact) mass is 572 g/mol. The number of thiazole rings is 1. The normalized spacial score (nSPS) is 15.2. The molecule has 0 spiro atoms. The minimum absolute atomic E-state index is 0.0307. The van der Waals surface area contributed by atoms with Gasteiger partial charge in [0.05, 0.1) is 23.8 Å². The molecule has 0 radical (unpaired) electrons. The van der Waals surface area contributed by atoms with Crippen LogP contribution in [-0.4, -0.2) is 47.3 Å². The highest BCUT2D eigenvalue weighted by Crippen LogP contribution is 2.48. The SMILES string of the molecule is CN(CC1CCCN1)c1c(NC(=O)c2csc(-c3ccnnc3)n2)ccc(Oc2ccccc2F)c1C(F)(F)F. The number of nitrogens with zero attached hydrogens (tertiary/aromatic N) is 4. The van der Waals surface area contributed by atoms with Gasteiger partial charge in [-0.25, -0.2) is 9.37 Å². The fourth-order valence-electron chi connectivity index (χ4n) is 4.52. The summed E-state index contributed by atoms with van der Waals surface area (Å²) >= 11 is 1.19. The number of anilines is 2. The number of ether oxygens (including phenoxy) is 1. The summed E-state index contributed by atoms with van der Waals surface area (Å²) in [5, 5.41) is 15.4. The van der Waals surface area contributed by atoms with Crippen molar-refractivity contribution >= 4 is 28.6 Å². The molecule has 4 aromatic rings. The van der Waals surface area contributed by atoms with E-state index in [9.17, 15) is 22.4 Å². The summed E-state index contributed by atoms with van der Waals surface area (Å²) in [6, 6.07) is 9.25. The quantitative estimate of drug-likeness (QED) is 0.251. The molecule has 2 aromatic heterocycles. The number of carbonyl (C=O) groups excluding carboxylic acids is 1. The highest BCUT2D eigenvalue weighted by molar-refractivity contribution is 7.13. The fourth-order valence-corrected chi connectivity index (χ4v) is 5.31. The smallest absolute Gasteiger partial charge is 0.422 e. The molecule has 0 aliphatic carbocycles. The Hall–Kier alpha value is -4.10. The van der Waals surface area contributed by atoms with Gasteiger partial charge in [-0.1, -0.05) is 12.1 Å². The first-order chi connectivity index (χ1) is 19.2. The van der Waals surface area contributed by atoms with Gasteiger partial charge < -0.3 is 20.3 Å². The Morgan fingerprint density at radius 3 is 2.70 bits per heavy atom. The maximum atomic E-state index is 14.7. The molecule has 1 amide bonds. The molecular weight excluding hydrogens is 548 g/mol. The lowest BCUT2D eigenvalue weighted by Crippen LogP contribution is -2.36. The number of halogens is 4. The number of hydrogen-bond donors (Lipinski definition) is 2. The van der Waals surface area contributed by atoms with Gasteiger partial charge in [0.1, 0.15) is 22.0 Å². The predicted molar refractivity (Wildman–Crippen MR) is 143 cm³/mol. The van der Waals surface area contributed by atoms with Crippen LogP contribution in [0.5, 0.6) is 11.5 Å². The third kappa shape index (κ3) is 6.05. The molecule has 2 aromatic carbocycles. The fraction of sp³-hybridized carbons (Fsp3) is 0.259. The first-order valence-electron chi connectivity index (χ1n) is 12.4. The van der Waals surface area contributed by atoms with Crippen LogP contribution in [-0.2, 0) is 6.18 Å². The van der Waals surface area contributed by atoms with Crippen LogP contribution in [0.25, 0.3) is 10.6 Å². The van der Waals surface area contributed by atoms with Crippen molar-refractivity contribution in [2.45, 2.75) is 25.1 Å². The number of rotatable bonds is 8. The van der Waals surface area contributed by atoms with E-state index in [2.05, 4.69) is 25.8 Å². The standard InChI is InChI=1S/C27H24F4N6O2S/c1-37(14-17-5-4-11-32-17)24-19(35-25(38)20-15-40-26(36-20)16-10-12-33-34-13-16)8-9-22(23(24)27(29,30)31)39-21-7-3-2-6-18(21)28/h2-3,6-10,12-13,15,17,32H,4-5,11,14H2,1H3,(H,35,38). The first kappa shape index (κ1) is 27.5. The Balaban J connectivity index is 1.54. The van der Waals surface area contributed by atoms with Crippen molar-refractivity contribution in [1.82, 2.24) is 20.5 Å². The molecule has 1 fully saturated rings. The highest BCUT2D eigenvalue weighted by Gasteiger charge is 2.40. The van der Waals surface area contributed by atoms with Crippen molar-refractivity contribution in [3.05, 3.63) is 77.3 Å². The zero-order chi connectivity index (χ0) is 28.3. The van der Waals surface area contributed by atoms with Crippen molar-refractivity contribution in [2.24, 2.45) is 0 Å². The molecule has 13 heteroatoms. The molecule has 1 aliphatic heterocycles. The van der Waals surface area contributed by atoms with E-state index in [4.69, 9.17) is 4.74 Å². The summed E-state index contributed by atoms with van der Waals surface area (Å²) in [5.74, 6) is -2.43. The van der Waals surface area contributed by atoms with E-state index in [0.29, 0.717) is 10.6 Å². The summed E-state index contributed by atoms with van der Waals surface area (Å²) in [6.07, 6.45) is -0.208. The van der Waals surface area contributed by atoms with Crippen molar-refractivity contribution < 1.29 is 27.1 Å². The van der Waals surface area contributed by atoms with Crippen molar-refractivity contribution in [1.29, 1.82) is 0 Å². The number of aromatic nitrogens is 3. The van der Waals surface area contributed by atoms with E-state index in [0.717, 1.165) is 31.5 Å². The van der Waals surface area contributed by atoms with E-state index in [1.165, 1.54) is 65.3 Å². The topological polar surface area (TPSA) is 92.3 Å². The Morgan fingerprint density at radius 1 is 1.18 bits per heavy atom. The molecule has 8 nitrogen and oxygen atoms in total. The van der Waals surface area contributed by atoms with Gasteiger partial charge in [0.25, 0.3) is 5.91 Å². The third-order valence-corrected chi connectivity index (χ3v) is 7.23. The Kier molecular flexibility index (Phi) is 7.94. The second-order valence-electron chi connectivity index (χ2n) is 9.16. The molecule has 208 valence electrons. The minimum atomic E-state index is -4.89. The zero-order valence-electron chi connectivity index (χ0n) is 21.2. The molecule has 0 bridgehead atoms. The highest BCUT2D eigenvalue weighted by atomic mass is 32.1. The predicted octanol–water partition coefficient (Wildman–Crippen LogP) is 5.99. The summed E-state index contributed by atoms with van der Waals surface area (Å²) in [6.45, 7) is 1.01. The number of hydrogen-bond acceptors (Lipinski definition) is 8. The van der Waals surface area contributed by atoms with Crippen LogP contribution in [0.4, 0.5) is 28.9 Å². The lowest BCUT2D eigenvalue weighted by molar-refractivity contribution is -0.138. The van der Waals surface area contributed by atoms with Gasteiger partial charge in [-0.2, -0.15) is 23.4 Å². The average molecular weight is 573 g/mol. The maximum absolute atomic E-state index is 14.7. The Bertz CT molecular complexity index is 1490. The average Bonchev–Trinajstić information content (AvgIpc) is 3.63. The number of nitrogens with one attached hydrogen (secondary N) is 2. The first-order valence-corrected chi connectivity index (χ1v) is 13.2. The number of alkyl halides is 3. The van der Waals surface area contributed by atoms with Gasteiger partial charge in [-0.3, -0.25) is 4.79 Å². The number of para-hydroxylation sites is 1. The largest absolute Gasteiger partial charge is 0.454 e. The molecule has 40 heavy (non-hydrogen) atoms. The third-order valence-electron chi connectivity index (χ3n) is 6.33. The van der Waals surface area contributed by atoms with Crippen LogP contribution in [0, 0.1) is 5.82 Å². The zero-order valence-corrected chi connectivity index (χ0v) is 22.0. The molecule has 1 unspecified atom stereocenters. The molecule has 1 aliphatic rings. The second kappa shape index (κ2) is 11.6. The van der Waals surface area contributed by atoms with Gasteiger partial charge >= 0.3 is 6.18 Å². The van der Waals surface area contributed by atoms with Gasteiger partial charge in [0, 0.05) is 30.6 Å². The number of likely N-dealkylation sites (N-methyl/N-ethyl adjacent to an activating group) is 1. The van der Waals surface area contributed by atoms with Crippen LogP contribution in [0.3, 0.4) is 0 Å². The second-order valence-corrected chi connectivity index (χ2v) is 10.0. The van der Waals surface area contributed by atoms with Gasteiger partial charge in [0.2, 0.25) is 0 Å². The van der Waals surface area contributed by atoms with E-state index in [1.807, 2.05) is 0 Å². The molecule has 3 heterocycles. The van der Waals surface area contributed by atoms with Gasteiger partial charge in [0.15, 0.2) is 11.6 Å². The van der Waals surface area contributed by atoms with Crippen molar-refractivity contribution in [3.8, 4) is 22.1 Å². The summed E-state index contributed by atoms with van der Waals surface area (Å²) in [7, 11) is 1.52. The van der Waals surface area contributed by atoms with E-state index in [-0.39, 0.29) is 35.4 Å². The number of amides is 1. The van der Waals surface area contributed by atoms with Gasteiger partial charge in [-0.15, -0.1) is 11.3 Å². The lowest BCUT2D eigenvalue weighted by atomic mass is 10.1. The molecule has 0 saturated carbocycles. The van der Waals surface area contributed by atoms with E-state index >= 15 is 0 Å². The van der Waals surface area contributed by atoms with E-state index in [1.54, 1.807) is 6.07 Å². The molecule has 1 atom stereocenters. The molecule has 1 saturated heterocycles. The molecule has 5 rings (SSSR count). The lowest BCUT2D eigenvalue weighted by Gasteiger charge is -2.30. The van der Waals surface area contributed by atoms with Crippen molar-refractivity contribution in [3.63, 3.8) is 0 Å². The van der Waals surface area contributed by atoms with Crippen LogP contribution in [0.15, 0.2) is 60.2 Å². The Morgan fingerprint density at radius 2 is 2.00 bits per heavy atom. The van der Waals surface area contributed by atoms with Crippen LogP contribution in [0.1, 0.15) is 28.9 Å². The Labute approximate surface area is 231 Å². The van der Waals surface area contributed by atoms with E-state index < -0.39 is 29.2 Å². The summed E-state index contributed by atoms with van der Waals surface area (Å²) < 4.78 is 63.8. The molecular formula is C27H24F4N6O2S.